The summed E-state index contributed by atoms with van der Waals surface area (Å²) < 4.78 is 25.1. The summed E-state index contributed by atoms with van der Waals surface area (Å²) in [5.41, 5.74) is 2.10. The van der Waals surface area contributed by atoms with E-state index in [9.17, 15) is 18.0 Å². The first-order chi connectivity index (χ1) is 13.8. The monoisotopic (exact) mass is 433 g/mol. The fraction of sp³-hybridized carbons (Fsp3) is 0.300. The van der Waals surface area contributed by atoms with Crippen molar-refractivity contribution in [2.45, 2.75) is 30.7 Å². The third kappa shape index (κ3) is 4.89. The number of anilines is 2. The van der Waals surface area contributed by atoms with Crippen molar-refractivity contribution >= 4 is 44.6 Å². The Hall–Kier alpha value is -2.58. The van der Waals surface area contributed by atoms with E-state index in [2.05, 4.69) is 16.0 Å². The molecule has 2 amide bonds. The Balaban J connectivity index is 1.44. The molecule has 0 aromatic heterocycles. The molecule has 3 N–H and O–H groups in total. The Morgan fingerprint density at radius 3 is 2.52 bits per heavy atom. The van der Waals surface area contributed by atoms with Gasteiger partial charge in [-0.15, -0.1) is 0 Å². The molecule has 7 nitrogen and oxygen atoms in total. The summed E-state index contributed by atoms with van der Waals surface area (Å²) >= 11 is 5.83. The number of amides is 2. The van der Waals surface area contributed by atoms with Gasteiger partial charge < -0.3 is 16.0 Å². The minimum Gasteiger partial charge on any atom is -0.371 e. The van der Waals surface area contributed by atoms with Crippen molar-refractivity contribution < 1.29 is 18.0 Å². The molecule has 0 radical (unpaired) electrons. The van der Waals surface area contributed by atoms with Gasteiger partial charge in [-0.05, 0) is 48.7 Å². The van der Waals surface area contributed by atoms with E-state index >= 15 is 0 Å². The Kier molecular flexibility index (Phi) is 5.23. The van der Waals surface area contributed by atoms with Crippen LogP contribution in [-0.2, 0) is 20.4 Å². The topological polar surface area (TPSA) is 104 Å². The quantitative estimate of drug-likeness (QED) is 0.649. The number of nitrogens with one attached hydrogen (secondary N) is 3. The van der Waals surface area contributed by atoms with Gasteiger partial charge in [0.2, 0.25) is 5.91 Å². The van der Waals surface area contributed by atoms with Crippen molar-refractivity contribution in [2.24, 2.45) is 0 Å². The fourth-order valence-corrected chi connectivity index (χ4v) is 4.84. The average molecular weight is 434 g/mol. The predicted molar refractivity (Wildman–Crippen MR) is 112 cm³/mol. The van der Waals surface area contributed by atoms with E-state index < -0.39 is 21.8 Å². The van der Waals surface area contributed by atoms with Crippen molar-refractivity contribution in [2.75, 3.05) is 16.4 Å². The normalized spacial score (nSPS) is 18.4. The van der Waals surface area contributed by atoms with Crippen LogP contribution in [0, 0.1) is 0 Å². The summed E-state index contributed by atoms with van der Waals surface area (Å²) in [6, 6.07) is 10.8. The number of halogens is 1. The standard InChI is InChI=1S/C20H20ClN3O4S/c21-14-4-1-12(2-5-14)10-29(27,28)11-18-20(26)24-17-9-13(3-8-16(17)23-18)19(25)22-15-6-7-15/h1-5,8-9,15,18,23H,6-7,10-11H2,(H,22,25)(H,24,26). The van der Waals surface area contributed by atoms with Gasteiger partial charge in [-0.1, -0.05) is 23.7 Å². The smallest absolute Gasteiger partial charge is 0.251 e. The molecule has 4 rings (SSSR count). The number of rotatable bonds is 6. The number of hydrogen-bond acceptors (Lipinski definition) is 5. The van der Waals surface area contributed by atoms with Crippen LogP contribution in [0.25, 0.3) is 0 Å². The van der Waals surface area contributed by atoms with Gasteiger partial charge in [0.1, 0.15) is 6.04 Å². The van der Waals surface area contributed by atoms with Crippen LogP contribution in [0.15, 0.2) is 42.5 Å². The molecule has 2 aromatic carbocycles. The van der Waals surface area contributed by atoms with Crippen LogP contribution in [0.4, 0.5) is 11.4 Å². The van der Waals surface area contributed by atoms with Crippen molar-refractivity contribution in [1.29, 1.82) is 0 Å². The van der Waals surface area contributed by atoms with Crippen LogP contribution in [0.1, 0.15) is 28.8 Å². The number of hydrogen-bond donors (Lipinski definition) is 3. The molecule has 1 heterocycles. The summed E-state index contributed by atoms with van der Waals surface area (Å²) in [4.78, 5) is 24.6. The van der Waals surface area contributed by atoms with Gasteiger partial charge in [-0.25, -0.2) is 8.42 Å². The molecule has 0 spiro atoms. The Morgan fingerprint density at radius 1 is 1.10 bits per heavy atom. The van der Waals surface area contributed by atoms with E-state index in [-0.39, 0.29) is 23.5 Å². The van der Waals surface area contributed by atoms with Crippen LogP contribution < -0.4 is 16.0 Å². The number of carbonyl (C=O) groups excluding carboxylic acids is 2. The number of carbonyl (C=O) groups is 2. The summed E-state index contributed by atoms with van der Waals surface area (Å²) in [6.45, 7) is 0. The molecular weight excluding hydrogens is 414 g/mol. The summed E-state index contributed by atoms with van der Waals surface area (Å²) in [5, 5.41) is 9.10. The first kappa shape index (κ1) is 19.7. The molecular formula is C20H20ClN3O4S. The second kappa shape index (κ2) is 7.68. The molecule has 29 heavy (non-hydrogen) atoms. The third-order valence-electron chi connectivity index (χ3n) is 4.82. The molecule has 1 aliphatic carbocycles. The Bertz CT molecular complexity index is 1070. The molecule has 1 unspecified atom stereocenters. The van der Waals surface area contributed by atoms with Crippen LogP contribution in [0.3, 0.4) is 0 Å². The minimum absolute atomic E-state index is 0.178. The first-order valence-electron chi connectivity index (χ1n) is 9.26. The van der Waals surface area contributed by atoms with Gasteiger partial charge in [-0.3, -0.25) is 9.59 Å². The highest BCUT2D eigenvalue weighted by molar-refractivity contribution is 7.90. The first-order valence-corrected chi connectivity index (χ1v) is 11.5. The number of fused-ring (bicyclic) bond motifs is 1. The maximum atomic E-state index is 12.6. The zero-order valence-electron chi connectivity index (χ0n) is 15.4. The predicted octanol–water partition coefficient (Wildman–Crippen LogP) is 2.58. The van der Waals surface area contributed by atoms with Gasteiger partial charge in [0, 0.05) is 16.6 Å². The van der Waals surface area contributed by atoms with Gasteiger partial charge in [0.05, 0.1) is 22.9 Å². The van der Waals surface area contributed by atoms with Crippen LogP contribution in [-0.4, -0.2) is 38.1 Å². The van der Waals surface area contributed by atoms with Crippen molar-refractivity contribution in [3.8, 4) is 0 Å². The van der Waals surface area contributed by atoms with Crippen LogP contribution >= 0.6 is 11.6 Å². The largest absolute Gasteiger partial charge is 0.371 e. The molecule has 0 saturated heterocycles. The lowest BCUT2D eigenvalue weighted by molar-refractivity contribution is -0.116. The maximum absolute atomic E-state index is 12.6. The lowest BCUT2D eigenvalue weighted by atomic mass is 10.1. The van der Waals surface area contributed by atoms with E-state index in [1.165, 1.54) is 0 Å². The fourth-order valence-electron chi connectivity index (χ4n) is 3.15. The van der Waals surface area contributed by atoms with Crippen molar-refractivity contribution in [3.63, 3.8) is 0 Å². The van der Waals surface area contributed by atoms with Gasteiger partial charge in [-0.2, -0.15) is 0 Å². The molecule has 9 heteroatoms. The second-order valence-corrected chi connectivity index (χ2v) is 9.92. The van der Waals surface area contributed by atoms with E-state index in [1.54, 1.807) is 42.5 Å². The molecule has 1 atom stereocenters. The van der Waals surface area contributed by atoms with Crippen molar-refractivity contribution in [1.82, 2.24) is 5.32 Å². The summed E-state index contributed by atoms with van der Waals surface area (Å²) in [6.07, 6.45) is 1.97. The highest BCUT2D eigenvalue weighted by Gasteiger charge is 2.31. The molecule has 1 aliphatic heterocycles. The lowest BCUT2D eigenvalue weighted by Crippen LogP contribution is -2.43. The highest BCUT2D eigenvalue weighted by Crippen LogP contribution is 2.29. The SMILES string of the molecule is O=C(NC1CC1)c1ccc2c(c1)NC(=O)C(CS(=O)(=O)Cc1ccc(Cl)cc1)N2. The Labute approximate surface area is 173 Å². The zero-order chi connectivity index (χ0) is 20.6. The minimum atomic E-state index is -3.54. The average Bonchev–Trinajstić information content (AvgIpc) is 3.47. The second-order valence-electron chi connectivity index (χ2n) is 7.38. The van der Waals surface area contributed by atoms with Gasteiger partial charge in [0.15, 0.2) is 9.84 Å². The van der Waals surface area contributed by atoms with Gasteiger partial charge in [0.25, 0.3) is 5.91 Å². The van der Waals surface area contributed by atoms with Crippen LogP contribution in [0.5, 0.6) is 0 Å². The van der Waals surface area contributed by atoms with E-state index in [1.807, 2.05) is 0 Å². The molecule has 2 aliphatic rings. The van der Waals surface area contributed by atoms with Crippen LogP contribution in [0.2, 0.25) is 5.02 Å². The Morgan fingerprint density at radius 2 is 1.83 bits per heavy atom. The van der Waals surface area contributed by atoms with E-state index in [4.69, 9.17) is 11.6 Å². The number of sulfone groups is 1. The van der Waals surface area contributed by atoms with Gasteiger partial charge >= 0.3 is 0 Å². The number of benzene rings is 2. The molecule has 1 fully saturated rings. The molecule has 1 saturated carbocycles. The van der Waals surface area contributed by atoms with E-state index in [0.29, 0.717) is 27.5 Å². The van der Waals surface area contributed by atoms with Crippen molar-refractivity contribution in [3.05, 3.63) is 58.6 Å². The molecule has 2 aromatic rings. The zero-order valence-corrected chi connectivity index (χ0v) is 17.0. The van der Waals surface area contributed by atoms with E-state index in [0.717, 1.165) is 12.8 Å². The highest BCUT2D eigenvalue weighted by atomic mass is 35.5. The molecule has 152 valence electrons. The summed E-state index contributed by atoms with van der Waals surface area (Å²) in [7, 11) is -3.54. The lowest BCUT2D eigenvalue weighted by Gasteiger charge is -2.27. The molecule has 0 bridgehead atoms. The summed E-state index contributed by atoms with van der Waals surface area (Å²) in [5.74, 6) is -1.15. The third-order valence-corrected chi connectivity index (χ3v) is 6.69. The maximum Gasteiger partial charge on any atom is 0.251 e.